The van der Waals surface area contributed by atoms with Crippen molar-refractivity contribution in [1.82, 2.24) is 0 Å². The van der Waals surface area contributed by atoms with E-state index in [-0.39, 0.29) is 24.0 Å². The van der Waals surface area contributed by atoms with Crippen molar-refractivity contribution in [3.63, 3.8) is 0 Å². The predicted octanol–water partition coefficient (Wildman–Crippen LogP) is 2.82. The second kappa shape index (κ2) is 5.00. The maximum atomic E-state index is 11.8. The minimum absolute atomic E-state index is 0. The van der Waals surface area contributed by atoms with Crippen LogP contribution in [-0.4, -0.2) is 12.8 Å². The molecule has 1 fully saturated rings. The maximum Gasteiger partial charge on any atom is 0.301 e. The van der Waals surface area contributed by atoms with E-state index in [1.807, 2.05) is 20.8 Å². The first-order valence-electron chi connectivity index (χ1n) is 4.15. The van der Waals surface area contributed by atoms with Gasteiger partial charge in [0.05, 0.1) is 6.16 Å². The van der Waals surface area contributed by atoms with Gasteiger partial charge in [-0.05, 0) is 5.41 Å². The van der Waals surface area contributed by atoms with Crippen LogP contribution in [0, 0.1) is 12.0 Å². The summed E-state index contributed by atoms with van der Waals surface area (Å²) >= 11 is 0. The Morgan fingerprint density at radius 2 is 2.08 bits per heavy atom. The van der Waals surface area contributed by atoms with Gasteiger partial charge in [-0.15, -0.1) is 6.42 Å². The Balaban J connectivity index is 0.00000144. The molecule has 77 valence electrons. The van der Waals surface area contributed by atoms with Crippen molar-refractivity contribution in [2.24, 2.45) is 5.41 Å². The fourth-order valence-corrected chi connectivity index (χ4v) is 3.21. The molecule has 1 saturated heterocycles. The van der Waals surface area contributed by atoms with E-state index in [1.54, 1.807) is 6.61 Å². The fourth-order valence-electron chi connectivity index (χ4n) is 1.10. The molecule has 1 radical (unpaired) electrons. The summed E-state index contributed by atoms with van der Waals surface area (Å²) in [5.74, 6) is 0. The minimum Gasteiger partial charge on any atom is -0.486 e. The van der Waals surface area contributed by atoms with Crippen LogP contribution in [0.15, 0.2) is 0 Å². The van der Waals surface area contributed by atoms with E-state index in [4.69, 9.17) is 9.05 Å². The van der Waals surface area contributed by atoms with E-state index in [1.165, 1.54) is 0 Å². The van der Waals surface area contributed by atoms with E-state index in [9.17, 15) is 4.57 Å². The van der Waals surface area contributed by atoms with Crippen molar-refractivity contribution in [1.29, 1.82) is 0 Å². The molecule has 5 heteroatoms. The van der Waals surface area contributed by atoms with Crippen LogP contribution < -0.4 is 0 Å². The van der Waals surface area contributed by atoms with Gasteiger partial charge in [0.25, 0.3) is 0 Å². The summed E-state index contributed by atoms with van der Waals surface area (Å²) in [5.41, 5.74) is -0.0132. The van der Waals surface area contributed by atoms with Gasteiger partial charge in [0.1, 0.15) is 0 Å². The Labute approximate surface area is 92.0 Å². The van der Waals surface area contributed by atoms with Crippen LogP contribution >= 0.6 is 7.60 Å². The Morgan fingerprint density at radius 3 is 2.46 bits per heavy atom. The molecule has 1 aliphatic heterocycles. The topological polar surface area (TPSA) is 35.5 Å². The molecule has 0 amide bonds. The molecule has 1 heterocycles. The van der Waals surface area contributed by atoms with Gasteiger partial charge >= 0.3 is 7.60 Å². The average molecular weight is 242 g/mol. The summed E-state index contributed by atoms with van der Waals surface area (Å²) in [4.78, 5) is 0. The zero-order valence-corrected chi connectivity index (χ0v) is 10.6. The Bertz CT molecular complexity index is 190. The van der Waals surface area contributed by atoms with Crippen molar-refractivity contribution in [3.8, 4) is 0 Å². The summed E-state index contributed by atoms with van der Waals surface area (Å²) in [6, 6.07) is 0. The molecule has 1 rings (SSSR count). The monoisotopic (exact) mass is 242 g/mol. The van der Waals surface area contributed by atoms with Crippen LogP contribution in [0.3, 0.4) is 0 Å². The molecule has 13 heavy (non-hydrogen) atoms. The number of hydrogen-bond donors (Lipinski definition) is 0. The first kappa shape index (κ1) is 13.7. The molecule has 0 N–H and O–H groups in total. The third-order valence-corrected chi connectivity index (χ3v) is 3.81. The van der Waals surface area contributed by atoms with Crippen LogP contribution in [0.25, 0.3) is 0 Å². The van der Waals surface area contributed by atoms with Gasteiger partial charge in [-0.25, -0.2) is 0 Å². The molecule has 3 nitrogen and oxygen atoms in total. The summed E-state index contributed by atoms with van der Waals surface area (Å²) in [7, 11) is -2.79. The minimum atomic E-state index is -2.79. The van der Waals surface area contributed by atoms with Gasteiger partial charge < -0.3 is 9.05 Å². The molecular formula is C8H16O3PV-. The molecule has 0 unspecified atom stereocenters. The van der Waals surface area contributed by atoms with Gasteiger partial charge in [0.2, 0.25) is 0 Å². The van der Waals surface area contributed by atoms with Gasteiger partial charge in [0.15, 0.2) is 0 Å². The van der Waals surface area contributed by atoms with Gasteiger partial charge in [-0.2, -0.15) is 6.61 Å². The van der Waals surface area contributed by atoms with Crippen LogP contribution in [-0.2, 0) is 32.2 Å². The van der Waals surface area contributed by atoms with E-state index in [2.05, 4.69) is 0 Å². The third-order valence-electron chi connectivity index (χ3n) is 1.43. The van der Waals surface area contributed by atoms with E-state index < -0.39 is 7.60 Å². The van der Waals surface area contributed by atoms with E-state index in [0.29, 0.717) is 12.8 Å². The standard InChI is InChI=1S/C8H16O3P.V/c1-8(2,3)7-12(9)10-5-4-6-11-12;/h5H,4,6-7H2,1-3H3;/q-1;/t12-;/m1./s1. The van der Waals surface area contributed by atoms with Crippen LogP contribution in [0.5, 0.6) is 0 Å². The van der Waals surface area contributed by atoms with Gasteiger partial charge in [-0.3, -0.25) is 4.57 Å². The van der Waals surface area contributed by atoms with Crippen LogP contribution in [0.4, 0.5) is 0 Å². The van der Waals surface area contributed by atoms with Crippen LogP contribution in [0.2, 0.25) is 0 Å². The molecular weight excluding hydrogens is 226 g/mol. The van der Waals surface area contributed by atoms with Gasteiger partial charge in [0, 0.05) is 25.2 Å². The Kier molecular flexibility index (Phi) is 5.28. The van der Waals surface area contributed by atoms with Crippen molar-refractivity contribution in [3.05, 3.63) is 6.61 Å². The second-order valence-electron chi connectivity index (χ2n) is 4.22. The molecule has 0 spiro atoms. The molecule has 1 atom stereocenters. The first-order chi connectivity index (χ1) is 5.41. The fraction of sp³-hybridized carbons (Fsp3) is 0.875. The van der Waals surface area contributed by atoms with Crippen molar-refractivity contribution in [2.75, 3.05) is 12.8 Å². The molecule has 0 bridgehead atoms. The Hall–Kier alpha value is 0.734. The van der Waals surface area contributed by atoms with Crippen molar-refractivity contribution >= 4 is 7.60 Å². The predicted molar refractivity (Wildman–Crippen MR) is 47.9 cm³/mol. The average Bonchev–Trinajstić information content (AvgIpc) is 1.83. The van der Waals surface area contributed by atoms with Crippen molar-refractivity contribution < 1.29 is 32.2 Å². The zero-order chi connectivity index (χ0) is 9.24. The second-order valence-corrected chi connectivity index (χ2v) is 6.23. The molecule has 1 aliphatic rings. The van der Waals surface area contributed by atoms with E-state index in [0.717, 1.165) is 6.42 Å². The number of rotatable bonds is 1. The van der Waals surface area contributed by atoms with Crippen molar-refractivity contribution in [2.45, 2.75) is 27.2 Å². The quantitative estimate of drug-likeness (QED) is 0.524. The summed E-state index contributed by atoms with van der Waals surface area (Å²) in [6.45, 7) is 8.18. The summed E-state index contributed by atoms with van der Waals surface area (Å²) in [5, 5.41) is 0. The summed E-state index contributed by atoms with van der Waals surface area (Å²) in [6.07, 6.45) is 1.21. The smallest absolute Gasteiger partial charge is 0.301 e. The molecule has 0 saturated carbocycles. The van der Waals surface area contributed by atoms with Crippen LogP contribution in [0.1, 0.15) is 27.2 Å². The molecule has 0 aromatic carbocycles. The number of hydrogen-bond acceptors (Lipinski definition) is 3. The molecule has 0 aromatic heterocycles. The Morgan fingerprint density at radius 1 is 1.46 bits per heavy atom. The largest absolute Gasteiger partial charge is 0.486 e. The SMILES string of the molecule is CC(C)(C)C[P@@]1(=O)O[CH-]CCO1.[V]. The molecule has 0 aromatic rings. The molecule has 0 aliphatic carbocycles. The third kappa shape index (κ3) is 5.24. The summed E-state index contributed by atoms with van der Waals surface area (Å²) < 4.78 is 22.0. The maximum absolute atomic E-state index is 11.8. The first-order valence-corrected chi connectivity index (χ1v) is 5.88. The van der Waals surface area contributed by atoms with Gasteiger partial charge in [-0.1, -0.05) is 20.8 Å². The van der Waals surface area contributed by atoms with E-state index >= 15 is 0 Å². The zero-order valence-electron chi connectivity index (χ0n) is 8.32. The normalized spacial score (nSPS) is 29.5.